The lowest BCUT2D eigenvalue weighted by Crippen LogP contribution is -2.42. The van der Waals surface area contributed by atoms with E-state index in [1.165, 1.54) is 0 Å². The molecule has 0 unspecified atom stereocenters. The Kier molecular flexibility index (Phi) is 5.13. The Labute approximate surface area is 141 Å². The van der Waals surface area contributed by atoms with Gasteiger partial charge in [0.2, 0.25) is 0 Å². The first-order valence-electron chi connectivity index (χ1n) is 8.00. The van der Waals surface area contributed by atoms with Gasteiger partial charge >= 0.3 is 0 Å². The molecule has 0 aliphatic carbocycles. The minimum absolute atomic E-state index is 0.219. The first kappa shape index (κ1) is 16.5. The summed E-state index contributed by atoms with van der Waals surface area (Å²) in [6.07, 6.45) is -0.158. The zero-order chi connectivity index (χ0) is 16.9. The number of ether oxygens (including phenoxy) is 2. The van der Waals surface area contributed by atoms with Crippen molar-refractivity contribution in [3.05, 3.63) is 65.2 Å². The minimum atomic E-state index is -0.652. The van der Waals surface area contributed by atoms with Crippen LogP contribution >= 0.6 is 0 Å². The highest BCUT2D eigenvalue weighted by Gasteiger charge is 2.19. The second-order valence-electron chi connectivity index (χ2n) is 5.95. The van der Waals surface area contributed by atoms with Gasteiger partial charge in [-0.3, -0.25) is 4.79 Å². The Hall–Kier alpha value is -2.37. The van der Waals surface area contributed by atoms with Crippen LogP contribution in [0.15, 0.2) is 48.5 Å². The first-order valence-corrected chi connectivity index (χ1v) is 8.00. The van der Waals surface area contributed by atoms with Crippen molar-refractivity contribution in [2.45, 2.75) is 32.1 Å². The zero-order valence-electron chi connectivity index (χ0n) is 13.6. The number of hydrogen-bond donors (Lipinski definition) is 2. The van der Waals surface area contributed by atoms with Gasteiger partial charge < -0.3 is 19.9 Å². The fraction of sp³-hybridized carbons (Fsp3) is 0.316. The van der Waals surface area contributed by atoms with E-state index in [0.29, 0.717) is 18.6 Å². The number of hydrogen-bond acceptors (Lipinski definition) is 4. The van der Waals surface area contributed by atoms with E-state index in [-0.39, 0.29) is 18.7 Å². The fourth-order valence-electron chi connectivity index (χ4n) is 2.65. The molecule has 3 rings (SSSR count). The van der Waals surface area contributed by atoms with Crippen LogP contribution < -0.4 is 10.1 Å². The molecule has 0 radical (unpaired) electrons. The van der Waals surface area contributed by atoms with Crippen molar-refractivity contribution < 1.29 is 19.4 Å². The Morgan fingerprint density at radius 3 is 2.83 bits per heavy atom. The van der Waals surface area contributed by atoms with Crippen molar-refractivity contribution in [1.29, 1.82) is 0 Å². The van der Waals surface area contributed by atoms with Crippen LogP contribution in [0.4, 0.5) is 0 Å². The molecule has 0 spiro atoms. The summed E-state index contributed by atoms with van der Waals surface area (Å²) in [5.74, 6) is 0.526. The van der Waals surface area contributed by atoms with Gasteiger partial charge in [0.05, 0.1) is 18.8 Å². The van der Waals surface area contributed by atoms with E-state index < -0.39 is 6.10 Å². The number of carbonyl (C=O) groups is 1. The van der Waals surface area contributed by atoms with E-state index in [1.807, 2.05) is 30.3 Å². The molecule has 24 heavy (non-hydrogen) atoms. The van der Waals surface area contributed by atoms with Gasteiger partial charge in [0, 0.05) is 17.5 Å². The number of aliphatic hydroxyl groups excluding tert-OH is 1. The van der Waals surface area contributed by atoms with Gasteiger partial charge in [-0.2, -0.15) is 0 Å². The molecule has 0 aromatic heterocycles. The minimum Gasteiger partial charge on any atom is -0.467 e. The molecule has 1 aliphatic heterocycles. The molecular formula is C19H21NO4. The van der Waals surface area contributed by atoms with E-state index in [2.05, 4.69) is 5.32 Å². The number of amides is 1. The van der Waals surface area contributed by atoms with Crippen molar-refractivity contribution in [2.24, 2.45) is 0 Å². The number of benzene rings is 2. The van der Waals surface area contributed by atoms with Crippen molar-refractivity contribution in [3.63, 3.8) is 0 Å². The van der Waals surface area contributed by atoms with E-state index in [1.54, 1.807) is 25.1 Å². The molecule has 1 amide bonds. The predicted molar refractivity (Wildman–Crippen MR) is 89.8 cm³/mol. The van der Waals surface area contributed by atoms with Crippen LogP contribution in [0.25, 0.3) is 0 Å². The summed E-state index contributed by atoms with van der Waals surface area (Å²) >= 11 is 0. The second-order valence-corrected chi connectivity index (χ2v) is 5.95. The largest absolute Gasteiger partial charge is 0.467 e. The fourth-order valence-corrected chi connectivity index (χ4v) is 2.65. The van der Waals surface area contributed by atoms with Gasteiger partial charge in [0.15, 0.2) is 6.79 Å². The third-order valence-electron chi connectivity index (χ3n) is 4.10. The average molecular weight is 327 g/mol. The Bertz CT molecular complexity index is 702. The average Bonchev–Trinajstić information content (AvgIpc) is 2.62. The quantitative estimate of drug-likeness (QED) is 0.884. The highest BCUT2D eigenvalue weighted by molar-refractivity contribution is 5.94. The van der Waals surface area contributed by atoms with Crippen LogP contribution in [-0.2, 0) is 17.8 Å². The monoisotopic (exact) mass is 327 g/mol. The summed E-state index contributed by atoms with van der Waals surface area (Å²) < 4.78 is 10.6. The van der Waals surface area contributed by atoms with Crippen LogP contribution in [0, 0.1) is 0 Å². The van der Waals surface area contributed by atoms with Crippen molar-refractivity contribution in [2.75, 3.05) is 6.79 Å². The maximum Gasteiger partial charge on any atom is 0.251 e. The summed E-state index contributed by atoms with van der Waals surface area (Å²) in [4.78, 5) is 12.4. The first-order chi connectivity index (χ1) is 11.6. The lowest BCUT2D eigenvalue weighted by Gasteiger charge is -2.21. The summed E-state index contributed by atoms with van der Waals surface area (Å²) in [7, 11) is 0. The highest BCUT2D eigenvalue weighted by Crippen LogP contribution is 2.24. The molecule has 5 heteroatoms. The molecule has 0 bridgehead atoms. The van der Waals surface area contributed by atoms with Crippen LogP contribution in [0.1, 0.15) is 28.4 Å². The van der Waals surface area contributed by atoms with Gasteiger partial charge in [0.25, 0.3) is 5.91 Å². The van der Waals surface area contributed by atoms with Gasteiger partial charge in [-0.25, -0.2) is 0 Å². The maximum atomic E-state index is 12.4. The number of nitrogens with one attached hydrogen (secondary N) is 1. The molecule has 1 aliphatic rings. The molecule has 0 saturated heterocycles. The number of carbonyl (C=O) groups excluding carboxylic acids is 1. The van der Waals surface area contributed by atoms with Crippen LogP contribution in [0.5, 0.6) is 5.75 Å². The van der Waals surface area contributed by atoms with Crippen molar-refractivity contribution in [1.82, 2.24) is 5.32 Å². The molecule has 0 fully saturated rings. The number of rotatable bonds is 5. The second kappa shape index (κ2) is 7.47. The molecule has 2 aromatic carbocycles. The molecule has 126 valence electrons. The zero-order valence-corrected chi connectivity index (χ0v) is 13.6. The summed E-state index contributed by atoms with van der Waals surface area (Å²) in [5, 5.41) is 13.2. The molecule has 2 atom stereocenters. The molecule has 2 aromatic rings. The lowest BCUT2D eigenvalue weighted by molar-refractivity contribution is -0.0163. The topological polar surface area (TPSA) is 67.8 Å². The molecular weight excluding hydrogens is 306 g/mol. The molecule has 1 heterocycles. The number of fused-ring (bicyclic) bond motifs is 1. The van der Waals surface area contributed by atoms with E-state index >= 15 is 0 Å². The molecule has 5 nitrogen and oxygen atoms in total. The Morgan fingerprint density at radius 1 is 1.25 bits per heavy atom. The van der Waals surface area contributed by atoms with Crippen LogP contribution in [0.2, 0.25) is 0 Å². The highest BCUT2D eigenvalue weighted by atomic mass is 16.7. The summed E-state index contributed by atoms with van der Waals surface area (Å²) in [6, 6.07) is 14.6. The van der Waals surface area contributed by atoms with E-state index in [0.717, 1.165) is 16.9 Å². The van der Waals surface area contributed by atoms with E-state index in [4.69, 9.17) is 9.47 Å². The van der Waals surface area contributed by atoms with Gasteiger partial charge in [-0.1, -0.05) is 30.3 Å². The molecule has 2 N–H and O–H groups in total. The SMILES string of the molecule is C[C@H](NC(=O)c1ccc2c(c1)COCO2)[C@@H](O)Cc1ccccc1. The maximum absolute atomic E-state index is 12.4. The van der Waals surface area contributed by atoms with Crippen LogP contribution in [-0.4, -0.2) is 30.0 Å². The van der Waals surface area contributed by atoms with Crippen molar-refractivity contribution in [3.8, 4) is 5.75 Å². The standard InChI is InChI=1S/C19H21NO4/c1-13(17(21)9-14-5-3-2-4-6-14)20-19(22)15-7-8-18-16(10-15)11-23-12-24-18/h2-8,10,13,17,21H,9,11-12H2,1H3,(H,20,22)/t13-,17-/m0/s1. The van der Waals surface area contributed by atoms with Crippen LogP contribution in [0.3, 0.4) is 0 Å². The Morgan fingerprint density at radius 2 is 2.04 bits per heavy atom. The smallest absolute Gasteiger partial charge is 0.251 e. The third-order valence-corrected chi connectivity index (χ3v) is 4.10. The molecule has 0 saturated carbocycles. The van der Waals surface area contributed by atoms with Crippen molar-refractivity contribution >= 4 is 5.91 Å². The summed E-state index contributed by atoms with van der Waals surface area (Å²) in [6.45, 7) is 2.47. The number of aliphatic hydroxyl groups is 1. The third kappa shape index (κ3) is 3.93. The van der Waals surface area contributed by atoms with Gasteiger partial charge in [-0.05, 0) is 30.7 Å². The summed E-state index contributed by atoms with van der Waals surface area (Å²) in [5.41, 5.74) is 2.42. The normalized spacial score (nSPS) is 15.8. The predicted octanol–water partition coefficient (Wildman–Crippen LogP) is 2.28. The van der Waals surface area contributed by atoms with E-state index in [9.17, 15) is 9.90 Å². The Balaban J connectivity index is 1.61. The lowest BCUT2D eigenvalue weighted by atomic mass is 10.0. The van der Waals surface area contributed by atoms with Gasteiger partial charge in [-0.15, -0.1) is 0 Å². The van der Waals surface area contributed by atoms with Gasteiger partial charge in [0.1, 0.15) is 5.75 Å².